The standard InChI is InChI=1S/C26H25N3O8S/c1-5-36-25(32)16-9-11-18(12-10-16)27-23(31)21-15(4)20(26(33)37-6-2)24(38-21)28-22(30)17-8-7-14(3)19(13-17)29(34)35/h7-13H,5-6H2,1-4H3,(H,27,31)(H,28,30). The molecule has 1 aromatic heterocycles. The first-order chi connectivity index (χ1) is 18.1. The smallest absolute Gasteiger partial charge is 0.341 e. The summed E-state index contributed by atoms with van der Waals surface area (Å²) in [4.78, 5) is 61.4. The number of benzene rings is 2. The van der Waals surface area contributed by atoms with Crippen LogP contribution in [0.5, 0.6) is 0 Å². The molecule has 0 saturated heterocycles. The molecule has 2 N–H and O–H groups in total. The Morgan fingerprint density at radius 2 is 1.47 bits per heavy atom. The second-order valence-corrected chi connectivity index (χ2v) is 8.97. The fourth-order valence-electron chi connectivity index (χ4n) is 3.48. The number of carbonyl (C=O) groups is 4. The third kappa shape index (κ3) is 6.21. The third-order valence-electron chi connectivity index (χ3n) is 5.38. The van der Waals surface area contributed by atoms with Crippen LogP contribution in [-0.4, -0.2) is 41.9 Å². The van der Waals surface area contributed by atoms with Crippen molar-refractivity contribution >= 4 is 51.5 Å². The molecule has 12 heteroatoms. The van der Waals surface area contributed by atoms with Crippen LogP contribution in [0.25, 0.3) is 0 Å². The number of hydrogen-bond acceptors (Lipinski definition) is 9. The van der Waals surface area contributed by atoms with Crippen LogP contribution in [0.15, 0.2) is 42.5 Å². The van der Waals surface area contributed by atoms with Gasteiger partial charge in [-0.15, -0.1) is 11.3 Å². The van der Waals surface area contributed by atoms with E-state index in [0.717, 1.165) is 17.4 Å². The van der Waals surface area contributed by atoms with E-state index in [2.05, 4.69) is 10.6 Å². The predicted molar refractivity (Wildman–Crippen MR) is 141 cm³/mol. The quantitative estimate of drug-likeness (QED) is 0.215. The number of rotatable bonds is 9. The van der Waals surface area contributed by atoms with Crippen molar-refractivity contribution in [3.8, 4) is 0 Å². The lowest BCUT2D eigenvalue weighted by atomic mass is 10.1. The van der Waals surface area contributed by atoms with Crippen LogP contribution in [0.3, 0.4) is 0 Å². The van der Waals surface area contributed by atoms with E-state index >= 15 is 0 Å². The largest absolute Gasteiger partial charge is 0.462 e. The molecule has 11 nitrogen and oxygen atoms in total. The summed E-state index contributed by atoms with van der Waals surface area (Å²) >= 11 is 0.866. The lowest BCUT2D eigenvalue weighted by Gasteiger charge is -2.08. The molecule has 3 aromatic rings. The minimum absolute atomic E-state index is 0.00891. The van der Waals surface area contributed by atoms with Gasteiger partial charge in [0.05, 0.1) is 34.1 Å². The van der Waals surface area contributed by atoms with Crippen LogP contribution >= 0.6 is 11.3 Å². The van der Waals surface area contributed by atoms with Crippen molar-refractivity contribution in [3.05, 3.63) is 85.3 Å². The van der Waals surface area contributed by atoms with Crippen molar-refractivity contribution in [3.63, 3.8) is 0 Å². The van der Waals surface area contributed by atoms with E-state index < -0.39 is 28.7 Å². The summed E-state index contributed by atoms with van der Waals surface area (Å²) in [6.07, 6.45) is 0. The van der Waals surface area contributed by atoms with Crippen LogP contribution in [0.2, 0.25) is 0 Å². The van der Waals surface area contributed by atoms with E-state index in [9.17, 15) is 29.3 Å². The third-order valence-corrected chi connectivity index (χ3v) is 6.59. The number of carbonyl (C=O) groups excluding carboxylic acids is 4. The number of hydrogen-bond donors (Lipinski definition) is 2. The Morgan fingerprint density at radius 3 is 2.08 bits per heavy atom. The number of nitrogens with zero attached hydrogens (tertiary/aromatic N) is 1. The number of thiophene rings is 1. The summed E-state index contributed by atoms with van der Waals surface area (Å²) in [7, 11) is 0. The van der Waals surface area contributed by atoms with Gasteiger partial charge in [0.25, 0.3) is 17.5 Å². The molecule has 1 heterocycles. The summed E-state index contributed by atoms with van der Waals surface area (Å²) in [6, 6.07) is 10.1. The fraction of sp³-hybridized carbons (Fsp3) is 0.231. The van der Waals surface area contributed by atoms with E-state index in [-0.39, 0.29) is 39.9 Å². The van der Waals surface area contributed by atoms with Crippen molar-refractivity contribution in [2.24, 2.45) is 0 Å². The highest BCUT2D eigenvalue weighted by molar-refractivity contribution is 7.19. The fourth-order valence-corrected chi connectivity index (χ4v) is 4.57. The Hall–Kier alpha value is -4.58. The van der Waals surface area contributed by atoms with Gasteiger partial charge in [-0.25, -0.2) is 9.59 Å². The number of nitrogens with one attached hydrogen (secondary N) is 2. The van der Waals surface area contributed by atoms with Gasteiger partial charge in [0, 0.05) is 22.9 Å². The molecule has 0 bridgehead atoms. The van der Waals surface area contributed by atoms with Crippen LogP contribution in [0, 0.1) is 24.0 Å². The highest BCUT2D eigenvalue weighted by atomic mass is 32.1. The van der Waals surface area contributed by atoms with Crippen molar-refractivity contribution in [1.29, 1.82) is 0 Å². The van der Waals surface area contributed by atoms with Crippen molar-refractivity contribution in [2.45, 2.75) is 27.7 Å². The van der Waals surface area contributed by atoms with Crippen molar-refractivity contribution in [2.75, 3.05) is 23.8 Å². The van der Waals surface area contributed by atoms with Gasteiger partial charge in [-0.2, -0.15) is 0 Å². The Bertz CT molecular complexity index is 1410. The lowest BCUT2D eigenvalue weighted by molar-refractivity contribution is -0.385. The zero-order valence-corrected chi connectivity index (χ0v) is 21.9. The molecule has 0 aliphatic rings. The molecule has 0 fully saturated rings. The SMILES string of the molecule is CCOC(=O)c1ccc(NC(=O)c2sc(NC(=O)c3ccc(C)c([N+](=O)[O-])c3)c(C(=O)OCC)c2C)cc1. The van der Waals surface area contributed by atoms with Gasteiger partial charge in [0.1, 0.15) is 5.00 Å². The van der Waals surface area contributed by atoms with Gasteiger partial charge < -0.3 is 20.1 Å². The van der Waals surface area contributed by atoms with Gasteiger partial charge >= 0.3 is 11.9 Å². The summed E-state index contributed by atoms with van der Waals surface area (Å²) in [5, 5.41) is 16.6. The molecule has 0 saturated carbocycles. The van der Waals surface area contributed by atoms with Crippen molar-refractivity contribution < 1.29 is 33.6 Å². The monoisotopic (exact) mass is 539 g/mol. The number of aryl methyl sites for hydroxylation is 1. The number of amides is 2. The molecule has 2 aromatic carbocycles. The Labute approximate surface area is 221 Å². The zero-order valence-electron chi connectivity index (χ0n) is 21.1. The number of ether oxygens (including phenoxy) is 2. The second kappa shape index (κ2) is 12.1. The topological polar surface area (TPSA) is 154 Å². The molecule has 0 spiro atoms. The highest BCUT2D eigenvalue weighted by Crippen LogP contribution is 2.35. The maximum Gasteiger partial charge on any atom is 0.341 e. The van der Waals surface area contributed by atoms with Crippen LogP contribution in [0.1, 0.15) is 65.7 Å². The summed E-state index contributed by atoms with van der Waals surface area (Å²) in [6.45, 7) is 6.72. The Balaban J connectivity index is 1.90. The van der Waals surface area contributed by atoms with E-state index in [0.29, 0.717) is 22.4 Å². The molecule has 0 atom stereocenters. The van der Waals surface area contributed by atoms with Gasteiger partial charge in [0.2, 0.25) is 0 Å². The molecule has 0 unspecified atom stereocenters. The molecule has 2 amide bonds. The summed E-state index contributed by atoms with van der Waals surface area (Å²) < 4.78 is 10.1. The Kier molecular flexibility index (Phi) is 8.92. The van der Waals surface area contributed by atoms with Crippen LogP contribution in [-0.2, 0) is 9.47 Å². The minimum Gasteiger partial charge on any atom is -0.462 e. The first-order valence-electron chi connectivity index (χ1n) is 11.5. The number of anilines is 2. The summed E-state index contributed by atoms with van der Waals surface area (Å²) in [5.74, 6) is -2.46. The molecular formula is C26H25N3O8S. The lowest BCUT2D eigenvalue weighted by Crippen LogP contribution is -2.15. The Morgan fingerprint density at radius 1 is 0.868 bits per heavy atom. The molecule has 0 aliphatic heterocycles. The average molecular weight is 540 g/mol. The van der Waals surface area contributed by atoms with Crippen LogP contribution < -0.4 is 10.6 Å². The number of esters is 2. The zero-order chi connectivity index (χ0) is 28.0. The van der Waals surface area contributed by atoms with E-state index in [1.165, 1.54) is 36.4 Å². The van der Waals surface area contributed by atoms with Gasteiger partial charge in [-0.1, -0.05) is 6.07 Å². The van der Waals surface area contributed by atoms with Gasteiger partial charge in [0.15, 0.2) is 0 Å². The molecule has 0 aliphatic carbocycles. The normalized spacial score (nSPS) is 10.4. The maximum absolute atomic E-state index is 13.1. The molecular weight excluding hydrogens is 514 g/mol. The van der Waals surface area contributed by atoms with E-state index in [1.807, 2.05) is 0 Å². The number of nitro groups is 1. The van der Waals surface area contributed by atoms with Crippen LogP contribution in [0.4, 0.5) is 16.4 Å². The highest BCUT2D eigenvalue weighted by Gasteiger charge is 2.27. The average Bonchev–Trinajstić information content (AvgIpc) is 3.20. The molecule has 0 radical (unpaired) electrons. The summed E-state index contributed by atoms with van der Waals surface area (Å²) in [5.41, 5.74) is 1.19. The molecule has 38 heavy (non-hydrogen) atoms. The first kappa shape index (κ1) is 28.0. The van der Waals surface area contributed by atoms with E-state index in [4.69, 9.17) is 9.47 Å². The van der Waals surface area contributed by atoms with Gasteiger partial charge in [-0.3, -0.25) is 19.7 Å². The van der Waals surface area contributed by atoms with E-state index in [1.54, 1.807) is 27.7 Å². The second-order valence-electron chi connectivity index (χ2n) is 7.95. The first-order valence-corrected chi connectivity index (χ1v) is 12.3. The number of nitro benzene ring substituents is 1. The maximum atomic E-state index is 13.1. The van der Waals surface area contributed by atoms with Crippen molar-refractivity contribution in [1.82, 2.24) is 0 Å². The minimum atomic E-state index is -0.732. The molecule has 3 rings (SSSR count). The van der Waals surface area contributed by atoms with Gasteiger partial charge in [-0.05, 0) is 63.6 Å². The molecule has 198 valence electrons. The predicted octanol–water partition coefficient (Wildman–Crippen LogP) is 5.13.